The third-order valence-corrected chi connectivity index (χ3v) is 8.92. The molecule has 190 valence electrons. The summed E-state index contributed by atoms with van der Waals surface area (Å²) in [6, 6.07) is 0.967. The van der Waals surface area contributed by atoms with E-state index in [4.69, 9.17) is 10.8 Å². The quantitative estimate of drug-likeness (QED) is 0.350. The Kier molecular flexibility index (Phi) is 9.75. The van der Waals surface area contributed by atoms with Gasteiger partial charge in [-0.15, -0.1) is 0 Å². The summed E-state index contributed by atoms with van der Waals surface area (Å²) in [6.07, 6.45) is 11.2. The Hall–Kier alpha value is -1.46. The molecule has 0 spiro atoms. The molecule has 0 bridgehead atoms. The molecular formula is C27H52N6. The van der Waals surface area contributed by atoms with Gasteiger partial charge in [-0.25, -0.2) is 0 Å². The molecule has 1 aliphatic carbocycles. The Bertz CT molecular complexity index is 628. The highest BCUT2D eigenvalue weighted by molar-refractivity contribution is 5.80. The summed E-state index contributed by atoms with van der Waals surface area (Å²) in [6.45, 7) is 16.6. The van der Waals surface area contributed by atoms with Crippen LogP contribution in [0.15, 0.2) is 0 Å². The van der Waals surface area contributed by atoms with Crippen LogP contribution in [0.4, 0.5) is 0 Å². The maximum atomic E-state index is 8.85. The zero-order chi connectivity index (χ0) is 24.0. The van der Waals surface area contributed by atoms with Gasteiger partial charge in [0.2, 0.25) is 0 Å². The Balaban J connectivity index is 1.45. The van der Waals surface area contributed by atoms with E-state index in [0.717, 1.165) is 63.4 Å². The Morgan fingerprint density at radius 2 is 1.73 bits per heavy atom. The summed E-state index contributed by atoms with van der Waals surface area (Å²) in [5.74, 6) is 4.34. The molecule has 0 aromatic rings. The molecule has 3 aliphatic rings. The predicted molar refractivity (Wildman–Crippen MR) is 140 cm³/mol. The molecule has 3 rings (SSSR count). The van der Waals surface area contributed by atoms with E-state index in [1.807, 2.05) is 0 Å². The first kappa shape index (κ1) is 26.2. The minimum Gasteiger partial charge on any atom is -0.354 e. The lowest BCUT2D eigenvalue weighted by molar-refractivity contribution is 0.213. The summed E-state index contributed by atoms with van der Waals surface area (Å²) >= 11 is 0. The van der Waals surface area contributed by atoms with Crippen LogP contribution in [0.5, 0.6) is 0 Å². The first-order valence-corrected chi connectivity index (χ1v) is 14.0. The molecule has 2 heterocycles. The second kappa shape index (κ2) is 12.3. The van der Waals surface area contributed by atoms with Gasteiger partial charge in [-0.2, -0.15) is 0 Å². The standard InChI is InChI=1S/C27H52N6/c1-6-20(3)17-33-25(22(5)7-2)19-31(27(33)29)15-9-8-10-24-16-30-26(28)32(24)18-23-13-11-21(4)12-14-23/h20-25,29H,6-19H2,1-5H3,(H2,28,30)/t20?,21?,22?,23?,24-,25?/m0/s1. The minimum absolute atomic E-state index is 0.477. The van der Waals surface area contributed by atoms with Gasteiger partial charge in [-0.3, -0.25) is 10.8 Å². The van der Waals surface area contributed by atoms with Gasteiger partial charge >= 0.3 is 0 Å². The van der Waals surface area contributed by atoms with Gasteiger partial charge in [0.25, 0.3) is 0 Å². The van der Waals surface area contributed by atoms with Gasteiger partial charge in [-0.05, 0) is 55.8 Å². The lowest BCUT2D eigenvalue weighted by Crippen LogP contribution is -2.41. The molecule has 2 saturated heterocycles. The van der Waals surface area contributed by atoms with Crippen LogP contribution in [0, 0.1) is 34.5 Å². The van der Waals surface area contributed by atoms with Crippen LogP contribution in [-0.2, 0) is 0 Å². The van der Waals surface area contributed by atoms with Crippen LogP contribution in [0.1, 0.15) is 92.4 Å². The Morgan fingerprint density at radius 3 is 2.39 bits per heavy atom. The number of nitrogens with one attached hydrogen (secondary N) is 3. The fraction of sp³-hybridized carbons (Fsp3) is 0.926. The third-order valence-electron chi connectivity index (χ3n) is 8.92. The second-order valence-corrected chi connectivity index (χ2v) is 11.5. The molecule has 4 atom stereocenters. The van der Waals surface area contributed by atoms with Crippen molar-refractivity contribution in [1.29, 1.82) is 10.8 Å². The highest BCUT2D eigenvalue weighted by Gasteiger charge is 2.37. The predicted octanol–water partition coefficient (Wildman–Crippen LogP) is 5.20. The molecule has 0 aromatic heterocycles. The fourth-order valence-electron chi connectivity index (χ4n) is 5.97. The van der Waals surface area contributed by atoms with E-state index in [1.165, 1.54) is 44.9 Å². The summed E-state index contributed by atoms with van der Waals surface area (Å²) in [5.41, 5.74) is 0. The van der Waals surface area contributed by atoms with Gasteiger partial charge in [0, 0.05) is 38.8 Å². The number of nitrogens with zero attached hydrogens (tertiary/aromatic N) is 3. The number of rotatable bonds is 12. The van der Waals surface area contributed by atoms with E-state index in [9.17, 15) is 0 Å². The summed E-state index contributed by atoms with van der Waals surface area (Å²) in [5, 5.41) is 20.6. The monoisotopic (exact) mass is 460 g/mol. The second-order valence-electron chi connectivity index (χ2n) is 11.5. The number of hydrogen-bond acceptors (Lipinski definition) is 2. The van der Waals surface area contributed by atoms with E-state index in [1.54, 1.807) is 0 Å². The van der Waals surface area contributed by atoms with Crippen LogP contribution < -0.4 is 5.32 Å². The van der Waals surface area contributed by atoms with Gasteiger partial charge in [0.05, 0.1) is 6.04 Å². The van der Waals surface area contributed by atoms with Gasteiger partial charge in [0.1, 0.15) is 0 Å². The van der Waals surface area contributed by atoms with Crippen molar-refractivity contribution >= 4 is 11.9 Å². The van der Waals surface area contributed by atoms with Crippen molar-refractivity contribution in [3.63, 3.8) is 0 Å². The summed E-state index contributed by atoms with van der Waals surface area (Å²) < 4.78 is 0. The largest absolute Gasteiger partial charge is 0.354 e. The first-order valence-electron chi connectivity index (χ1n) is 14.0. The number of hydrogen-bond donors (Lipinski definition) is 3. The molecular weight excluding hydrogens is 408 g/mol. The maximum absolute atomic E-state index is 8.85. The first-order chi connectivity index (χ1) is 15.8. The van der Waals surface area contributed by atoms with Gasteiger partial charge < -0.3 is 20.0 Å². The molecule has 0 amide bonds. The SMILES string of the molecule is CCC(C)CN1C(=N)N(CCCC[C@H]2CNC(=N)N2CC2CCC(C)CC2)CC1C(C)CC. The topological polar surface area (TPSA) is 69.5 Å². The molecule has 6 nitrogen and oxygen atoms in total. The van der Waals surface area contributed by atoms with E-state index >= 15 is 0 Å². The fourth-order valence-corrected chi connectivity index (χ4v) is 5.97. The third kappa shape index (κ3) is 6.79. The highest BCUT2D eigenvalue weighted by atomic mass is 15.4. The van der Waals surface area contributed by atoms with Crippen LogP contribution in [0.25, 0.3) is 0 Å². The van der Waals surface area contributed by atoms with Crippen molar-refractivity contribution in [3.05, 3.63) is 0 Å². The van der Waals surface area contributed by atoms with Crippen molar-refractivity contribution in [2.45, 2.75) is 104 Å². The van der Waals surface area contributed by atoms with Crippen molar-refractivity contribution in [1.82, 2.24) is 20.0 Å². The van der Waals surface area contributed by atoms with Crippen LogP contribution in [0.2, 0.25) is 0 Å². The smallest absolute Gasteiger partial charge is 0.194 e. The normalized spacial score (nSPS) is 30.2. The molecule has 6 heteroatoms. The number of unbranched alkanes of at least 4 members (excludes halogenated alkanes) is 1. The molecule has 0 aromatic carbocycles. The van der Waals surface area contributed by atoms with Crippen molar-refractivity contribution in [2.24, 2.45) is 23.7 Å². The molecule has 3 N–H and O–H groups in total. The highest BCUT2D eigenvalue weighted by Crippen LogP contribution is 2.30. The van der Waals surface area contributed by atoms with E-state index < -0.39 is 0 Å². The van der Waals surface area contributed by atoms with E-state index in [-0.39, 0.29) is 0 Å². The average Bonchev–Trinajstić information content (AvgIpc) is 3.31. The lowest BCUT2D eigenvalue weighted by Gasteiger charge is -2.33. The zero-order valence-corrected chi connectivity index (χ0v) is 22.2. The van der Waals surface area contributed by atoms with Gasteiger partial charge in [-0.1, -0.05) is 60.3 Å². The Morgan fingerprint density at radius 1 is 1.00 bits per heavy atom. The number of guanidine groups is 2. The van der Waals surface area contributed by atoms with Crippen LogP contribution >= 0.6 is 0 Å². The summed E-state index contributed by atoms with van der Waals surface area (Å²) in [7, 11) is 0. The maximum Gasteiger partial charge on any atom is 0.194 e. The van der Waals surface area contributed by atoms with Crippen LogP contribution in [-0.4, -0.2) is 71.4 Å². The molecule has 2 aliphatic heterocycles. The van der Waals surface area contributed by atoms with Crippen molar-refractivity contribution in [2.75, 3.05) is 32.7 Å². The van der Waals surface area contributed by atoms with Crippen molar-refractivity contribution in [3.8, 4) is 0 Å². The zero-order valence-electron chi connectivity index (χ0n) is 22.2. The minimum atomic E-state index is 0.477. The molecule has 0 radical (unpaired) electrons. The van der Waals surface area contributed by atoms with Crippen molar-refractivity contribution < 1.29 is 0 Å². The average molecular weight is 461 g/mol. The summed E-state index contributed by atoms with van der Waals surface area (Å²) in [4.78, 5) is 7.11. The molecule has 33 heavy (non-hydrogen) atoms. The van der Waals surface area contributed by atoms with E-state index in [0.29, 0.717) is 29.9 Å². The molecule has 1 saturated carbocycles. The van der Waals surface area contributed by atoms with E-state index in [2.05, 4.69) is 54.6 Å². The van der Waals surface area contributed by atoms with Crippen LogP contribution in [0.3, 0.4) is 0 Å². The van der Waals surface area contributed by atoms with Gasteiger partial charge in [0.15, 0.2) is 11.9 Å². The Labute approximate surface area is 203 Å². The molecule has 3 unspecified atom stereocenters. The molecule has 3 fully saturated rings. The lowest BCUT2D eigenvalue weighted by atomic mass is 9.82.